The number of carbonyl (C=O) groups is 1. The van der Waals surface area contributed by atoms with Crippen LogP contribution in [0.2, 0.25) is 0 Å². The zero-order valence-electron chi connectivity index (χ0n) is 10.4. The van der Waals surface area contributed by atoms with Gasteiger partial charge in [0, 0.05) is 47.8 Å². The monoisotopic (exact) mass is 238 g/mol. The van der Waals surface area contributed by atoms with Crippen molar-refractivity contribution < 1.29 is 4.79 Å². The Kier molecular flexibility index (Phi) is 2.33. The Morgan fingerprint density at radius 1 is 1.11 bits per heavy atom. The molecule has 0 aliphatic carbocycles. The summed E-state index contributed by atoms with van der Waals surface area (Å²) in [4.78, 5) is 16.3. The quantitative estimate of drug-likeness (QED) is 0.696. The SMILES string of the molecule is CN(C)c1cccc2c1ccc1[nH]cc(C=O)c12. The van der Waals surface area contributed by atoms with Crippen molar-refractivity contribution in [3.8, 4) is 0 Å². The third kappa shape index (κ3) is 1.40. The van der Waals surface area contributed by atoms with Crippen LogP contribution >= 0.6 is 0 Å². The highest BCUT2D eigenvalue weighted by atomic mass is 16.1. The molecule has 0 saturated heterocycles. The zero-order chi connectivity index (χ0) is 12.7. The van der Waals surface area contributed by atoms with Gasteiger partial charge in [0.1, 0.15) is 0 Å². The minimum atomic E-state index is 0.714. The van der Waals surface area contributed by atoms with E-state index in [1.54, 1.807) is 6.20 Å². The van der Waals surface area contributed by atoms with Crippen LogP contribution in [0.5, 0.6) is 0 Å². The topological polar surface area (TPSA) is 36.1 Å². The second-order valence-electron chi connectivity index (χ2n) is 4.62. The first-order valence-corrected chi connectivity index (χ1v) is 5.87. The van der Waals surface area contributed by atoms with E-state index in [1.807, 2.05) is 26.2 Å². The van der Waals surface area contributed by atoms with Gasteiger partial charge in [-0.15, -0.1) is 0 Å². The minimum Gasteiger partial charge on any atom is -0.377 e. The number of anilines is 1. The number of nitrogens with zero attached hydrogens (tertiary/aromatic N) is 1. The van der Waals surface area contributed by atoms with E-state index in [1.165, 1.54) is 0 Å². The standard InChI is InChI=1S/C15H14N2O/c1-17(2)14-5-3-4-12-11(14)6-7-13-15(12)10(9-18)8-16-13/h3-9,16H,1-2H3. The van der Waals surface area contributed by atoms with Crippen LogP contribution in [0.1, 0.15) is 10.4 Å². The lowest BCUT2D eigenvalue weighted by molar-refractivity contribution is 0.112. The van der Waals surface area contributed by atoms with Crippen molar-refractivity contribution >= 4 is 33.6 Å². The van der Waals surface area contributed by atoms with Crippen LogP contribution in [0.25, 0.3) is 21.7 Å². The number of carbonyl (C=O) groups excluding carboxylic acids is 1. The van der Waals surface area contributed by atoms with E-state index in [0.717, 1.165) is 33.6 Å². The van der Waals surface area contributed by atoms with Crippen molar-refractivity contribution in [3.05, 3.63) is 42.1 Å². The fourth-order valence-electron chi connectivity index (χ4n) is 2.48. The lowest BCUT2D eigenvalue weighted by atomic mass is 10.0. The van der Waals surface area contributed by atoms with E-state index in [9.17, 15) is 4.79 Å². The molecule has 0 spiro atoms. The van der Waals surface area contributed by atoms with Gasteiger partial charge >= 0.3 is 0 Å². The van der Waals surface area contributed by atoms with Gasteiger partial charge in [-0.2, -0.15) is 0 Å². The summed E-state index contributed by atoms with van der Waals surface area (Å²) in [5.74, 6) is 0. The number of H-pyrrole nitrogens is 1. The van der Waals surface area contributed by atoms with Crippen molar-refractivity contribution in [3.63, 3.8) is 0 Å². The smallest absolute Gasteiger partial charge is 0.152 e. The second kappa shape index (κ2) is 3.88. The molecule has 0 aliphatic rings. The third-order valence-electron chi connectivity index (χ3n) is 3.32. The Morgan fingerprint density at radius 3 is 2.67 bits per heavy atom. The highest BCUT2D eigenvalue weighted by molar-refractivity contribution is 6.16. The molecule has 0 saturated carbocycles. The molecule has 1 heterocycles. The molecule has 3 rings (SSSR count). The van der Waals surface area contributed by atoms with Crippen molar-refractivity contribution in [1.29, 1.82) is 0 Å². The van der Waals surface area contributed by atoms with Crippen LogP contribution < -0.4 is 4.90 Å². The van der Waals surface area contributed by atoms with Crippen LogP contribution in [0.3, 0.4) is 0 Å². The summed E-state index contributed by atoms with van der Waals surface area (Å²) in [7, 11) is 4.05. The van der Waals surface area contributed by atoms with Gasteiger partial charge in [0.2, 0.25) is 0 Å². The maximum absolute atomic E-state index is 11.1. The Morgan fingerprint density at radius 2 is 1.94 bits per heavy atom. The summed E-state index contributed by atoms with van der Waals surface area (Å²) in [6.07, 6.45) is 2.67. The third-order valence-corrected chi connectivity index (χ3v) is 3.32. The van der Waals surface area contributed by atoms with E-state index in [4.69, 9.17) is 0 Å². The number of hydrogen-bond donors (Lipinski definition) is 1. The van der Waals surface area contributed by atoms with Crippen molar-refractivity contribution in [2.75, 3.05) is 19.0 Å². The summed E-state index contributed by atoms with van der Waals surface area (Å²) in [5, 5.41) is 3.28. The normalized spacial score (nSPS) is 11.0. The average molecular weight is 238 g/mol. The van der Waals surface area contributed by atoms with Crippen LogP contribution in [0, 0.1) is 0 Å². The molecule has 3 aromatic rings. The molecule has 0 unspecified atom stereocenters. The van der Waals surface area contributed by atoms with Gasteiger partial charge in [0.05, 0.1) is 0 Å². The number of aldehydes is 1. The van der Waals surface area contributed by atoms with Crippen LogP contribution in [-0.2, 0) is 0 Å². The van der Waals surface area contributed by atoms with Gasteiger partial charge in [-0.1, -0.05) is 18.2 Å². The molecule has 0 bridgehead atoms. The summed E-state index contributed by atoms with van der Waals surface area (Å²) < 4.78 is 0. The summed E-state index contributed by atoms with van der Waals surface area (Å²) >= 11 is 0. The molecule has 0 fully saturated rings. The average Bonchev–Trinajstić information content (AvgIpc) is 2.81. The van der Waals surface area contributed by atoms with Crippen LogP contribution in [0.15, 0.2) is 36.5 Å². The van der Waals surface area contributed by atoms with E-state index in [-0.39, 0.29) is 0 Å². The Bertz CT molecular complexity index is 741. The molecule has 0 aliphatic heterocycles. The molecule has 3 heteroatoms. The molecular weight excluding hydrogens is 224 g/mol. The first kappa shape index (κ1) is 10.8. The van der Waals surface area contributed by atoms with Crippen LogP contribution in [-0.4, -0.2) is 25.4 Å². The minimum absolute atomic E-state index is 0.714. The molecule has 3 nitrogen and oxygen atoms in total. The lowest BCUT2D eigenvalue weighted by Gasteiger charge is -2.15. The van der Waals surface area contributed by atoms with Gasteiger partial charge in [-0.3, -0.25) is 4.79 Å². The Hall–Kier alpha value is -2.29. The summed E-state index contributed by atoms with van der Waals surface area (Å²) in [6, 6.07) is 10.3. The molecule has 1 N–H and O–H groups in total. The number of benzene rings is 2. The van der Waals surface area contributed by atoms with E-state index < -0.39 is 0 Å². The predicted octanol–water partition coefficient (Wildman–Crippen LogP) is 3.20. The second-order valence-corrected chi connectivity index (χ2v) is 4.62. The molecule has 2 aromatic carbocycles. The molecule has 18 heavy (non-hydrogen) atoms. The van der Waals surface area contributed by atoms with Gasteiger partial charge in [0.25, 0.3) is 0 Å². The van der Waals surface area contributed by atoms with E-state index in [0.29, 0.717) is 5.56 Å². The van der Waals surface area contributed by atoms with Crippen molar-refractivity contribution in [1.82, 2.24) is 4.98 Å². The van der Waals surface area contributed by atoms with E-state index in [2.05, 4.69) is 28.1 Å². The zero-order valence-corrected chi connectivity index (χ0v) is 10.4. The largest absolute Gasteiger partial charge is 0.377 e. The van der Waals surface area contributed by atoms with Gasteiger partial charge in [-0.05, 0) is 17.5 Å². The maximum Gasteiger partial charge on any atom is 0.152 e. The number of nitrogens with one attached hydrogen (secondary N) is 1. The van der Waals surface area contributed by atoms with E-state index >= 15 is 0 Å². The maximum atomic E-state index is 11.1. The first-order chi connectivity index (χ1) is 8.72. The fraction of sp³-hybridized carbons (Fsp3) is 0.133. The van der Waals surface area contributed by atoms with Crippen molar-refractivity contribution in [2.24, 2.45) is 0 Å². The van der Waals surface area contributed by atoms with Gasteiger partial charge in [0.15, 0.2) is 6.29 Å². The lowest BCUT2D eigenvalue weighted by Crippen LogP contribution is -2.08. The summed E-state index contributed by atoms with van der Waals surface area (Å²) in [5.41, 5.74) is 2.87. The number of hydrogen-bond acceptors (Lipinski definition) is 2. The fourth-order valence-corrected chi connectivity index (χ4v) is 2.48. The van der Waals surface area contributed by atoms with Crippen LogP contribution in [0.4, 0.5) is 5.69 Å². The molecule has 0 amide bonds. The number of aromatic amines is 1. The molecule has 1 aromatic heterocycles. The van der Waals surface area contributed by atoms with Gasteiger partial charge < -0.3 is 9.88 Å². The molecular formula is C15H14N2O. The highest BCUT2D eigenvalue weighted by Gasteiger charge is 2.10. The Labute approximate surface area is 105 Å². The number of fused-ring (bicyclic) bond motifs is 3. The highest BCUT2D eigenvalue weighted by Crippen LogP contribution is 2.32. The molecule has 0 radical (unpaired) electrons. The molecule has 90 valence electrons. The Balaban J connectivity index is 2.51. The molecule has 0 atom stereocenters. The van der Waals surface area contributed by atoms with Crippen molar-refractivity contribution in [2.45, 2.75) is 0 Å². The number of rotatable bonds is 2. The summed E-state index contributed by atoms with van der Waals surface area (Å²) in [6.45, 7) is 0. The number of aromatic nitrogens is 1. The van der Waals surface area contributed by atoms with Gasteiger partial charge in [-0.25, -0.2) is 0 Å². The first-order valence-electron chi connectivity index (χ1n) is 5.87. The predicted molar refractivity (Wildman–Crippen MR) is 75.5 cm³/mol.